The van der Waals surface area contributed by atoms with E-state index in [1.54, 1.807) is 11.9 Å². The second-order valence-corrected chi connectivity index (χ2v) is 11.4. The van der Waals surface area contributed by atoms with Crippen LogP contribution in [0.1, 0.15) is 44.2 Å². The van der Waals surface area contributed by atoms with Gasteiger partial charge in [0, 0.05) is 36.7 Å². The van der Waals surface area contributed by atoms with Gasteiger partial charge in [0.1, 0.15) is 12.1 Å². The molecule has 0 saturated heterocycles. The number of aromatic amines is 1. The number of benzene rings is 3. The lowest BCUT2D eigenvalue weighted by molar-refractivity contribution is -0.145. The summed E-state index contributed by atoms with van der Waals surface area (Å²) < 4.78 is 5.71. The van der Waals surface area contributed by atoms with Crippen LogP contribution in [0.4, 0.5) is 5.95 Å². The first-order chi connectivity index (χ1) is 23.9. The molecule has 12 heteroatoms. The number of aldehydes is 1. The van der Waals surface area contributed by atoms with Gasteiger partial charge >= 0.3 is 5.97 Å². The third-order valence-electron chi connectivity index (χ3n) is 7.97. The number of aromatic nitrogens is 6. The van der Waals surface area contributed by atoms with Gasteiger partial charge in [-0.05, 0) is 47.2 Å². The van der Waals surface area contributed by atoms with E-state index >= 15 is 0 Å². The van der Waals surface area contributed by atoms with E-state index in [1.807, 2.05) is 85.8 Å². The van der Waals surface area contributed by atoms with Gasteiger partial charge in [0.25, 0.3) is 0 Å². The topological polar surface area (TPSA) is 159 Å². The molecule has 0 aliphatic carbocycles. The number of H-pyrrole nitrogens is 1. The maximum absolute atomic E-state index is 12.4. The minimum absolute atomic E-state index is 0.204. The number of rotatable bonds is 15. The van der Waals surface area contributed by atoms with Crippen LogP contribution in [0.25, 0.3) is 22.5 Å². The first kappa shape index (κ1) is 34.3. The molecule has 0 spiro atoms. The first-order valence-electron chi connectivity index (χ1n) is 16.0. The van der Waals surface area contributed by atoms with Gasteiger partial charge in [-0.25, -0.2) is 19.8 Å². The van der Waals surface area contributed by atoms with Gasteiger partial charge < -0.3 is 14.7 Å². The van der Waals surface area contributed by atoms with Crippen LogP contribution in [0, 0.1) is 0 Å². The predicted octanol–water partition coefficient (Wildman–Crippen LogP) is 6.14. The average Bonchev–Trinajstić information content (AvgIpc) is 3.68. The van der Waals surface area contributed by atoms with Crippen molar-refractivity contribution < 1.29 is 19.4 Å². The zero-order chi connectivity index (χ0) is 34.6. The second-order valence-electron chi connectivity index (χ2n) is 11.4. The van der Waals surface area contributed by atoms with Crippen molar-refractivity contribution in [3.05, 3.63) is 114 Å². The van der Waals surface area contributed by atoms with Crippen molar-refractivity contribution in [1.29, 1.82) is 0 Å². The Morgan fingerprint density at radius 2 is 1.67 bits per heavy atom. The Balaban J connectivity index is 1.31. The molecule has 0 radical (unpaired) electrons. The van der Waals surface area contributed by atoms with Crippen molar-refractivity contribution in [3.63, 3.8) is 0 Å². The van der Waals surface area contributed by atoms with E-state index in [0.717, 1.165) is 46.9 Å². The molecule has 12 nitrogen and oxygen atoms in total. The Hall–Kier alpha value is -6.04. The number of amidine groups is 1. The number of hydrogen-bond donors (Lipinski definition) is 2. The van der Waals surface area contributed by atoms with Crippen LogP contribution in [0.2, 0.25) is 0 Å². The molecule has 2 aromatic heterocycles. The molecule has 0 saturated carbocycles. The number of tetrazole rings is 1. The summed E-state index contributed by atoms with van der Waals surface area (Å²) in [7, 11) is 1.79. The number of aliphatic imine (C=N–C) groups is 1. The summed E-state index contributed by atoms with van der Waals surface area (Å²) in [5, 5.41) is 24.1. The van der Waals surface area contributed by atoms with Gasteiger partial charge in [-0.15, -0.1) is 10.2 Å². The maximum atomic E-state index is 12.4. The zero-order valence-electron chi connectivity index (χ0n) is 27.7. The number of allylic oxidation sites excluding steroid dienone is 2. The molecule has 1 atom stereocenters. The van der Waals surface area contributed by atoms with Crippen molar-refractivity contribution >= 4 is 24.0 Å². The van der Waals surface area contributed by atoms with E-state index in [-0.39, 0.29) is 12.2 Å². The molecule has 5 aromatic rings. The van der Waals surface area contributed by atoms with Crippen molar-refractivity contribution in [2.24, 2.45) is 4.99 Å². The minimum atomic E-state index is -1.09. The molecule has 0 aliphatic heterocycles. The van der Waals surface area contributed by atoms with E-state index in [9.17, 15) is 14.7 Å². The fourth-order valence-corrected chi connectivity index (χ4v) is 5.20. The summed E-state index contributed by atoms with van der Waals surface area (Å²) in [5.74, 6) is 0.631. The summed E-state index contributed by atoms with van der Waals surface area (Å²) in [6.45, 7) is 3.93. The molecular weight excluding hydrogens is 620 g/mol. The van der Waals surface area contributed by atoms with Crippen molar-refractivity contribution in [1.82, 2.24) is 30.6 Å². The highest BCUT2D eigenvalue weighted by Crippen LogP contribution is 2.30. The van der Waals surface area contributed by atoms with Crippen LogP contribution in [0.5, 0.6) is 5.75 Å². The largest absolute Gasteiger partial charge is 0.478 e. The van der Waals surface area contributed by atoms with Gasteiger partial charge in [0.2, 0.25) is 11.8 Å². The number of nitrogens with one attached hydrogen (secondary N) is 1. The molecule has 0 fully saturated rings. The summed E-state index contributed by atoms with van der Waals surface area (Å²) >= 11 is 0. The molecule has 250 valence electrons. The van der Waals surface area contributed by atoms with Gasteiger partial charge in [-0.2, -0.15) is 5.21 Å². The number of carbonyl (C=O) groups excluding carboxylic acids is 1. The maximum Gasteiger partial charge on any atom is 0.345 e. The number of anilines is 1. The average molecular weight is 659 g/mol. The van der Waals surface area contributed by atoms with E-state index < -0.39 is 12.1 Å². The Morgan fingerprint density at radius 3 is 2.31 bits per heavy atom. The van der Waals surface area contributed by atoms with Crippen LogP contribution >= 0.6 is 0 Å². The van der Waals surface area contributed by atoms with Crippen molar-refractivity contribution in [2.75, 3.05) is 11.9 Å². The molecule has 0 bridgehead atoms. The number of carboxylic acids is 1. The Morgan fingerprint density at radius 1 is 0.980 bits per heavy atom. The van der Waals surface area contributed by atoms with E-state index in [1.165, 1.54) is 12.4 Å². The SMILES string of the molecule is CCCC/C(N=C(C)N(C)c1ncc(OC(Cc2ccccc2)C(=O)O)cn1)=C(/C=O)Cc1ccc(-c2ccccc2-c2nn[nH]n2)cc1. The zero-order valence-corrected chi connectivity index (χ0v) is 27.7. The number of aliphatic carboxylic acids is 1. The lowest BCUT2D eigenvalue weighted by atomic mass is 9.96. The molecule has 0 amide bonds. The number of ether oxygens (including phenoxy) is 1. The fourth-order valence-electron chi connectivity index (χ4n) is 5.20. The summed E-state index contributed by atoms with van der Waals surface area (Å²) in [6, 6.07) is 25.2. The molecule has 0 aliphatic rings. The number of nitrogens with zero attached hydrogens (tertiary/aromatic N) is 7. The summed E-state index contributed by atoms with van der Waals surface area (Å²) in [6.07, 6.45) is 5.77. The molecule has 5 rings (SSSR count). The van der Waals surface area contributed by atoms with Gasteiger partial charge in [0.05, 0.1) is 12.4 Å². The number of carboxylic acid groups (broad SMARTS) is 1. The van der Waals surface area contributed by atoms with Crippen molar-refractivity contribution in [2.45, 2.75) is 52.1 Å². The number of carbonyl (C=O) groups is 2. The molecule has 2 heterocycles. The van der Waals surface area contributed by atoms with E-state index in [4.69, 9.17) is 9.73 Å². The lowest BCUT2D eigenvalue weighted by Crippen LogP contribution is -2.30. The van der Waals surface area contributed by atoms with Gasteiger partial charge in [-0.3, -0.25) is 4.79 Å². The monoisotopic (exact) mass is 658 g/mol. The molecule has 3 aromatic carbocycles. The quantitative estimate of drug-likeness (QED) is 0.0579. The van der Waals surface area contributed by atoms with Crippen LogP contribution in [-0.2, 0) is 22.4 Å². The molecule has 2 N–H and O–H groups in total. The van der Waals surface area contributed by atoms with Crippen LogP contribution in [0.3, 0.4) is 0 Å². The predicted molar refractivity (Wildman–Crippen MR) is 187 cm³/mol. The molecule has 1 unspecified atom stereocenters. The second kappa shape index (κ2) is 16.7. The normalized spacial score (nSPS) is 12.6. The lowest BCUT2D eigenvalue weighted by Gasteiger charge is -2.19. The number of unbranched alkanes of at least 4 members (excludes halogenated alkanes) is 1. The standard InChI is InChI=1S/C37H38N8O4/c1-4-5-15-33(29(24-46)20-27-16-18-28(19-17-27)31-13-9-10-14-32(31)35-41-43-44-42-35)40-25(2)45(3)37-38-22-30(23-39-37)49-34(36(47)48)21-26-11-7-6-8-12-26/h6-14,16-19,22-24,34H,4-5,15,20-21H2,1-3H3,(H,47,48)(H,41,42,43,44)/b33-29-,40-25?. The van der Waals surface area contributed by atoms with Gasteiger partial charge in [0.15, 0.2) is 11.9 Å². The van der Waals surface area contributed by atoms with Crippen LogP contribution in [0.15, 0.2) is 108 Å². The highest BCUT2D eigenvalue weighted by molar-refractivity contribution is 5.95. The van der Waals surface area contributed by atoms with Crippen LogP contribution in [-0.4, -0.2) is 66.9 Å². The molecule has 49 heavy (non-hydrogen) atoms. The Kier molecular flexibility index (Phi) is 11.7. The van der Waals surface area contributed by atoms with Crippen molar-refractivity contribution in [3.8, 4) is 28.3 Å². The van der Waals surface area contributed by atoms with E-state index in [2.05, 4.69) is 37.5 Å². The fraction of sp³-hybridized carbons (Fsp3) is 0.243. The van der Waals surface area contributed by atoms with Gasteiger partial charge in [-0.1, -0.05) is 92.2 Å². The first-order valence-corrected chi connectivity index (χ1v) is 16.0. The summed E-state index contributed by atoms with van der Waals surface area (Å²) in [4.78, 5) is 39.7. The van der Waals surface area contributed by atoms with Crippen LogP contribution < -0.4 is 9.64 Å². The third-order valence-corrected chi connectivity index (χ3v) is 7.97. The third kappa shape index (κ3) is 9.07. The highest BCUT2D eigenvalue weighted by atomic mass is 16.5. The smallest absolute Gasteiger partial charge is 0.345 e. The minimum Gasteiger partial charge on any atom is -0.478 e. The molecular formula is C37H38N8O4. The number of hydrogen-bond acceptors (Lipinski definition) is 9. The highest BCUT2D eigenvalue weighted by Gasteiger charge is 2.21. The Bertz CT molecular complexity index is 1890. The van der Waals surface area contributed by atoms with E-state index in [0.29, 0.717) is 41.7 Å². The summed E-state index contributed by atoms with van der Waals surface area (Å²) in [5.41, 5.74) is 5.97. The Labute approximate surface area is 284 Å².